The molecule has 2 rings (SSSR count). The van der Waals surface area contributed by atoms with E-state index in [4.69, 9.17) is 0 Å². The molecular weight excluding hydrogens is 130 g/mol. The molecule has 0 aromatic carbocycles. The Morgan fingerprint density at radius 1 is 1.10 bits per heavy atom. The highest BCUT2D eigenvalue weighted by atomic mass is 16.3. The first-order valence-electron chi connectivity index (χ1n) is 3.80. The van der Waals surface area contributed by atoms with E-state index in [1.165, 1.54) is 0 Å². The van der Waals surface area contributed by atoms with Crippen molar-refractivity contribution in [3.63, 3.8) is 0 Å². The van der Waals surface area contributed by atoms with Crippen LogP contribution in [0.3, 0.4) is 0 Å². The highest BCUT2D eigenvalue weighted by molar-refractivity contribution is 4.90. The number of aliphatic hydroxyl groups is 1. The van der Waals surface area contributed by atoms with E-state index in [9.17, 15) is 5.11 Å². The monoisotopic (exact) mass is 143 g/mol. The second-order valence-corrected chi connectivity index (χ2v) is 3.09. The first-order chi connectivity index (χ1) is 4.86. The molecule has 0 spiro atoms. The van der Waals surface area contributed by atoms with Crippen LogP contribution in [-0.4, -0.2) is 23.3 Å². The van der Waals surface area contributed by atoms with Gasteiger partial charge in [-0.25, -0.2) is 10.9 Å². The van der Waals surface area contributed by atoms with Gasteiger partial charge in [0.25, 0.3) is 0 Å². The Morgan fingerprint density at radius 3 is 2.80 bits per heavy atom. The van der Waals surface area contributed by atoms with E-state index in [0.29, 0.717) is 12.1 Å². The zero-order chi connectivity index (χ0) is 6.97. The fraction of sp³-hybridized carbons (Fsp3) is 1.00. The lowest BCUT2D eigenvalue weighted by Crippen LogP contribution is -2.41. The van der Waals surface area contributed by atoms with Crippen LogP contribution in [0.2, 0.25) is 0 Å². The molecule has 0 radical (unpaired) electrons. The maximum Gasteiger partial charge on any atom is 0.0556 e. The summed E-state index contributed by atoms with van der Waals surface area (Å²) in [5.74, 6) is 0. The van der Waals surface area contributed by atoms with E-state index >= 15 is 0 Å². The quantitative estimate of drug-likeness (QED) is 0.347. The largest absolute Gasteiger partial charge is 0.393 e. The summed E-state index contributed by atoms with van der Waals surface area (Å²) in [6.45, 7) is 0. The highest BCUT2D eigenvalue weighted by Crippen LogP contribution is 2.19. The SMILES string of the molecule is OC1CCC2NNNC2C1. The summed E-state index contributed by atoms with van der Waals surface area (Å²) in [7, 11) is 0. The van der Waals surface area contributed by atoms with Gasteiger partial charge in [-0.05, 0) is 19.3 Å². The second-order valence-electron chi connectivity index (χ2n) is 3.09. The third kappa shape index (κ3) is 1.03. The van der Waals surface area contributed by atoms with Gasteiger partial charge in [-0.3, -0.25) is 0 Å². The van der Waals surface area contributed by atoms with Crippen molar-refractivity contribution in [2.45, 2.75) is 37.5 Å². The number of rotatable bonds is 0. The molecule has 0 aromatic rings. The molecule has 1 saturated heterocycles. The van der Waals surface area contributed by atoms with E-state index in [-0.39, 0.29) is 6.10 Å². The Hall–Kier alpha value is -0.160. The van der Waals surface area contributed by atoms with Gasteiger partial charge in [0.05, 0.1) is 6.10 Å². The van der Waals surface area contributed by atoms with Gasteiger partial charge >= 0.3 is 0 Å². The molecule has 1 saturated carbocycles. The summed E-state index contributed by atoms with van der Waals surface area (Å²) < 4.78 is 0. The summed E-state index contributed by atoms with van der Waals surface area (Å²) in [5.41, 5.74) is 9.05. The van der Waals surface area contributed by atoms with Crippen LogP contribution < -0.4 is 16.4 Å². The third-order valence-corrected chi connectivity index (χ3v) is 2.34. The van der Waals surface area contributed by atoms with Crippen LogP contribution in [-0.2, 0) is 0 Å². The molecule has 0 bridgehead atoms. The van der Waals surface area contributed by atoms with Crippen molar-refractivity contribution in [3.8, 4) is 0 Å². The Bertz CT molecular complexity index is 130. The molecule has 1 heterocycles. The molecule has 0 aromatic heterocycles. The van der Waals surface area contributed by atoms with Gasteiger partial charge in [0.15, 0.2) is 0 Å². The minimum atomic E-state index is -0.101. The van der Waals surface area contributed by atoms with Gasteiger partial charge in [0.2, 0.25) is 0 Å². The molecule has 1 aliphatic heterocycles. The molecule has 2 aliphatic rings. The Morgan fingerprint density at radius 2 is 1.90 bits per heavy atom. The normalized spacial score (nSPS) is 47.1. The zero-order valence-electron chi connectivity index (χ0n) is 5.80. The molecule has 4 N–H and O–H groups in total. The molecule has 3 unspecified atom stereocenters. The summed E-state index contributed by atoms with van der Waals surface area (Å²) >= 11 is 0. The average Bonchev–Trinajstić information content (AvgIpc) is 2.33. The lowest BCUT2D eigenvalue weighted by atomic mass is 9.90. The van der Waals surface area contributed by atoms with E-state index in [1.807, 2.05) is 0 Å². The molecule has 58 valence electrons. The fourth-order valence-corrected chi connectivity index (χ4v) is 1.71. The van der Waals surface area contributed by atoms with E-state index in [1.54, 1.807) is 0 Å². The number of hydrogen-bond acceptors (Lipinski definition) is 4. The van der Waals surface area contributed by atoms with E-state index in [0.717, 1.165) is 19.3 Å². The topological polar surface area (TPSA) is 56.3 Å². The van der Waals surface area contributed by atoms with Crippen LogP contribution in [0, 0.1) is 0 Å². The minimum absolute atomic E-state index is 0.101. The smallest absolute Gasteiger partial charge is 0.0556 e. The molecule has 10 heavy (non-hydrogen) atoms. The van der Waals surface area contributed by atoms with Crippen molar-refractivity contribution in [1.82, 2.24) is 16.4 Å². The summed E-state index contributed by atoms with van der Waals surface area (Å²) in [5, 5.41) is 9.26. The van der Waals surface area contributed by atoms with E-state index in [2.05, 4.69) is 16.4 Å². The van der Waals surface area contributed by atoms with Crippen LogP contribution in [0.25, 0.3) is 0 Å². The highest BCUT2D eigenvalue weighted by Gasteiger charge is 2.32. The number of aliphatic hydroxyl groups excluding tert-OH is 1. The second kappa shape index (κ2) is 2.47. The lowest BCUT2D eigenvalue weighted by Gasteiger charge is -2.26. The van der Waals surface area contributed by atoms with Gasteiger partial charge in [-0.15, -0.1) is 0 Å². The average molecular weight is 143 g/mol. The fourth-order valence-electron chi connectivity index (χ4n) is 1.71. The first kappa shape index (κ1) is 6.54. The Labute approximate surface area is 59.9 Å². The van der Waals surface area contributed by atoms with Crippen LogP contribution in [0.15, 0.2) is 0 Å². The summed E-state index contributed by atoms with van der Waals surface area (Å²) in [6, 6.07) is 0.937. The molecule has 1 aliphatic carbocycles. The zero-order valence-corrected chi connectivity index (χ0v) is 5.80. The molecule has 4 nitrogen and oxygen atoms in total. The molecule has 4 heteroatoms. The predicted molar refractivity (Wildman–Crippen MR) is 36.8 cm³/mol. The van der Waals surface area contributed by atoms with Gasteiger partial charge in [-0.2, -0.15) is 5.53 Å². The number of fused-ring (bicyclic) bond motifs is 1. The van der Waals surface area contributed by atoms with Crippen molar-refractivity contribution < 1.29 is 5.11 Å². The lowest BCUT2D eigenvalue weighted by molar-refractivity contribution is 0.110. The predicted octanol–water partition coefficient (Wildman–Crippen LogP) is -1.12. The van der Waals surface area contributed by atoms with Crippen LogP contribution >= 0.6 is 0 Å². The standard InChI is InChI=1S/C6H13N3O/c10-4-1-2-5-6(3-4)8-9-7-5/h4-10H,1-3H2. The number of nitrogens with one attached hydrogen (secondary N) is 3. The first-order valence-corrected chi connectivity index (χ1v) is 3.80. The van der Waals surface area contributed by atoms with Crippen molar-refractivity contribution in [2.75, 3.05) is 0 Å². The third-order valence-electron chi connectivity index (χ3n) is 2.34. The Kier molecular flexibility index (Phi) is 1.61. The van der Waals surface area contributed by atoms with Crippen LogP contribution in [0.5, 0.6) is 0 Å². The maximum absolute atomic E-state index is 9.26. The van der Waals surface area contributed by atoms with Gasteiger partial charge in [-0.1, -0.05) is 0 Å². The molecule has 0 amide bonds. The summed E-state index contributed by atoms with van der Waals surface area (Å²) in [4.78, 5) is 0. The van der Waals surface area contributed by atoms with Crippen molar-refractivity contribution in [1.29, 1.82) is 0 Å². The maximum atomic E-state index is 9.26. The number of hydrazine groups is 2. The van der Waals surface area contributed by atoms with Crippen molar-refractivity contribution in [2.24, 2.45) is 0 Å². The van der Waals surface area contributed by atoms with Crippen molar-refractivity contribution >= 4 is 0 Å². The molecule has 3 atom stereocenters. The molecular formula is C6H13N3O. The van der Waals surface area contributed by atoms with Gasteiger partial charge < -0.3 is 5.11 Å². The van der Waals surface area contributed by atoms with Crippen LogP contribution in [0.1, 0.15) is 19.3 Å². The summed E-state index contributed by atoms with van der Waals surface area (Å²) in [6.07, 6.45) is 2.75. The van der Waals surface area contributed by atoms with Gasteiger partial charge in [0, 0.05) is 12.1 Å². The minimum Gasteiger partial charge on any atom is -0.393 e. The Balaban J connectivity index is 1.96. The van der Waals surface area contributed by atoms with Crippen LogP contribution in [0.4, 0.5) is 0 Å². The van der Waals surface area contributed by atoms with Gasteiger partial charge in [0.1, 0.15) is 0 Å². The molecule has 2 fully saturated rings. The van der Waals surface area contributed by atoms with E-state index < -0.39 is 0 Å². The number of hydrogen-bond donors (Lipinski definition) is 4. The van der Waals surface area contributed by atoms with Crippen molar-refractivity contribution in [3.05, 3.63) is 0 Å².